The Morgan fingerprint density at radius 1 is 1.62 bits per heavy atom. The minimum atomic E-state index is -0.684. The number of carbonyl (C=O) groups excluding carboxylic acids is 1. The van der Waals surface area contributed by atoms with E-state index in [4.69, 9.17) is 10.00 Å². The van der Waals surface area contributed by atoms with Crippen LogP contribution in [-0.4, -0.2) is 19.0 Å². The molecule has 1 aliphatic heterocycles. The molecule has 0 spiro atoms. The second-order valence-corrected chi connectivity index (χ2v) is 3.92. The maximum atomic E-state index is 11.6. The first-order chi connectivity index (χ1) is 6.29. The average Bonchev–Trinajstić information content (AvgIpc) is 2.73. The number of ether oxygens (including phenoxy) is 1. The van der Waals surface area contributed by atoms with Gasteiger partial charge < -0.3 is 4.74 Å². The topological polar surface area (TPSA) is 50.1 Å². The Morgan fingerprint density at radius 2 is 2.46 bits per heavy atom. The van der Waals surface area contributed by atoms with Gasteiger partial charge in [0.05, 0.1) is 12.7 Å². The van der Waals surface area contributed by atoms with E-state index in [1.807, 2.05) is 0 Å². The summed E-state index contributed by atoms with van der Waals surface area (Å²) in [5.41, 5.74) is -0.684. The van der Waals surface area contributed by atoms with Crippen molar-refractivity contribution in [1.82, 2.24) is 0 Å². The van der Waals surface area contributed by atoms with Gasteiger partial charge in [0.25, 0.3) is 0 Å². The lowest BCUT2D eigenvalue weighted by atomic mass is 9.74. The highest BCUT2D eigenvalue weighted by Gasteiger charge is 2.49. The molecule has 3 nitrogen and oxygen atoms in total. The first kappa shape index (κ1) is 8.71. The smallest absolute Gasteiger partial charge is 0.153 e. The molecule has 2 unspecified atom stereocenters. The van der Waals surface area contributed by atoms with Crippen LogP contribution in [0.1, 0.15) is 25.7 Å². The molecular weight excluding hydrogens is 166 g/mol. The van der Waals surface area contributed by atoms with Crippen molar-refractivity contribution in [3.05, 3.63) is 0 Å². The second-order valence-electron chi connectivity index (χ2n) is 3.92. The molecule has 70 valence electrons. The highest BCUT2D eigenvalue weighted by Crippen LogP contribution is 2.44. The fourth-order valence-corrected chi connectivity index (χ4v) is 2.45. The molecule has 0 aromatic heterocycles. The van der Waals surface area contributed by atoms with E-state index in [1.54, 1.807) is 0 Å². The molecule has 3 heteroatoms. The van der Waals surface area contributed by atoms with Gasteiger partial charge in [-0.3, -0.25) is 4.79 Å². The van der Waals surface area contributed by atoms with Crippen molar-refractivity contribution in [3.63, 3.8) is 0 Å². The Kier molecular flexibility index (Phi) is 2.09. The minimum absolute atomic E-state index is 0.144. The number of hydrogen-bond acceptors (Lipinski definition) is 3. The van der Waals surface area contributed by atoms with Crippen LogP contribution in [0.2, 0.25) is 0 Å². The van der Waals surface area contributed by atoms with Crippen molar-refractivity contribution >= 4 is 5.78 Å². The van der Waals surface area contributed by atoms with Crippen LogP contribution in [0.5, 0.6) is 0 Å². The van der Waals surface area contributed by atoms with Crippen molar-refractivity contribution in [2.75, 3.05) is 13.2 Å². The standard InChI is InChI=1S/C10H13NO2/c11-7-10(4-1-2-9(10)12)8-3-5-13-6-8/h8H,1-6H2. The molecular formula is C10H13NO2. The zero-order chi connectivity index (χ0) is 9.31. The van der Waals surface area contributed by atoms with Crippen molar-refractivity contribution in [2.45, 2.75) is 25.7 Å². The van der Waals surface area contributed by atoms with E-state index < -0.39 is 5.41 Å². The van der Waals surface area contributed by atoms with Gasteiger partial charge in [-0.05, 0) is 19.3 Å². The van der Waals surface area contributed by atoms with Crippen LogP contribution >= 0.6 is 0 Å². The summed E-state index contributed by atoms with van der Waals surface area (Å²) in [7, 11) is 0. The van der Waals surface area contributed by atoms with Gasteiger partial charge in [-0.1, -0.05) is 0 Å². The van der Waals surface area contributed by atoms with Gasteiger partial charge in [-0.25, -0.2) is 0 Å². The molecule has 0 aromatic rings. The summed E-state index contributed by atoms with van der Waals surface area (Å²) < 4.78 is 5.24. The van der Waals surface area contributed by atoms with Crippen LogP contribution in [0.3, 0.4) is 0 Å². The van der Waals surface area contributed by atoms with Crippen LogP contribution < -0.4 is 0 Å². The number of ketones is 1. The van der Waals surface area contributed by atoms with Crippen LogP contribution in [-0.2, 0) is 9.53 Å². The van der Waals surface area contributed by atoms with E-state index in [2.05, 4.69) is 6.07 Å². The lowest BCUT2D eigenvalue weighted by Gasteiger charge is -2.24. The van der Waals surface area contributed by atoms with Gasteiger partial charge in [0.1, 0.15) is 5.41 Å². The molecule has 2 fully saturated rings. The monoisotopic (exact) mass is 179 g/mol. The summed E-state index contributed by atoms with van der Waals surface area (Å²) >= 11 is 0. The van der Waals surface area contributed by atoms with Crippen molar-refractivity contribution in [1.29, 1.82) is 5.26 Å². The molecule has 1 heterocycles. The molecule has 1 saturated heterocycles. The van der Waals surface area contributed by atoms with E-state index in [1.165, 1.54) is 0 Å². The number of nitriles is 1. The highest BCUT2D eigenvalue weighted by molar-refractivity contribution is 5.89. The molecule has 0 radical (unpaired) electrons. The van der Waals surface area contributed by atoms with Crippen molar-refractivity contribution < 1.29 is 9.53 Å². The van der Waals surface area contributed by atoms with Gasteiger partial charge in [-0.15, -0.1) is 0 Å². The molecule has 13 heavy (non-hydrogen) atoms. The van der Waals surface area contributed by atoms with Crippen molar-refractivity contribution in [2.24, 2.45) is 11.3 Å². The molecule has 1 saturated carbocycles. The molecule has 0 aromatic carbocycles. The summed E-state index contributed by atoms with van der Waals surface area (Å²) in [4.78, 5) is 11.6. The number of rotatable bonds is 1. The molecule has 0 bridgehead atoms. The number of nitrogens with zero attached hydrogens (tertiary/aromatic N) is 1. The van der Waals surface area contributed by atoms with Gasteiger partial charge in [0.2, 0.25) is 0 Å². The fourth-order valence-electron chi connectivity index (χ4n) is 2.45. The van der Waals surface area contributed by atoms with Crippen LogP contribution in [0.15, 0.2) is 0 Å². The van der Waals surface area contributed by atoms with Crippen LogP contribution in [0, 0.1) is 22.7 Å². The van der Waals surface area contributed by atoms with Crippen LogP contribution in [0.25, 0.3) is 0 Å². The predicted molar refractivity (Wildman–Crippen MR) is 45.8 cm³/mol. The first-order valence-electron chi connectivity index (χ1n) is 4.82. The van der Waals surface area contributed by atoms with Crippen molar-refractivity contribution in [3.8, 4) is 6.07 Å². The lowest BCUT2D eigenvalue weighted by Crippen LogP contribution is -2.33. The molecule has 2 aliphatic rings. The second kappa shape index (κ2) is 3.12. The number of carbonyl (C=O) groups is 1. The summed E-state index contributed by atoms with van der Waals surface area (Å²) in [6.45, 7) is 1.31. The molecule has 1 aliphatic carbocycles. The Hall–Kier alpha value is -0.880. The predicted octanol–water partition coefficient (Wildman–Crippen LogP) is 1.29. The van der Waals surface area contributed by atoms with Gasteiger partial charge in [-0.2, -0.15) is 5.26 Å². The maximum absolute atomic E-state index is 11.6. The maximum Gasteiger partial charge on any atom is 0.153 e. The normalized spacial score (nSPS) is 39.3. The number of Topliss-reactive ketones (excluding diaryl/α,β-unsaturated/α-hetero) is 1. The molecule has 2 atom stereocenters. The van der Waals surface area contributed by atoms with E-state index in [9.17, 15) is 4.79 Å². The zero-order valence-corrected chi connectivity index (χ0v) is 7.58. The Bertz CT molecular complexity index is 263. The van der Waals surface area contributed by atoms with E-state index in [-0.39, 0.29) is 11.7 Å². The quantitative estimate of drug-likeness (QED) is 0.609. The zero-order valence-electron chi connectivity index (χ0n) is 7.58. The fraction of sp³-hybridized carbons (Fsp3) is 0.800. The van der Waals surface area contributed by atoms with Gasteiger partial charge in [0, 0.05) is 18.9 Å². The van der Waals surface area contributed by atoms with E-state index in [0.29, 0.717) is 19.6 Å². The minimum Gasteiger partial charge on any atom is -0.381 e. The Morgan fingerprint density at radius 3 is 2.92 bits per heavy atom. The third-order valence-electron chi connectivity index (χ3n) is 3.30. The lowest BCUT2D eigenvalue weighted by molar-refractivity contribution is -0.125. The molecule has 2 rings (SSSR count). The Balaban J connectivity index is 2.24. The third kappa shape index (κ3) is 1.17. The largest absolute Gasteiger partial charge is 0.381 e. The summed E-state index contributed by atoms with van der Waals surface area (Å²) in [6, 6.07) is 2.24. The third-order valence-corrected chi connectivity index (χ3v) is 3.30. The van der Waals surface area contributed by atoms with Gasteiger partial charge >= 0.3 is 0 Å². The van der Waals surface area contributed by atoms with E-state index >= 15 is 0 Å². The summed E-state index contributed by atoms with van der Waals surface area (Å²) in [5, 5.41) is 9.12. The number of hydrogen-bond donors (Lipinski definition) is 0. The van der Waals surface area contributed by atoms with Gasteiger partial charge in [0.15, 0.2) is 5.78 Å². The van der Waals surface area contributed by atoms with Crippen LogP contribution in [0.4, 0.5) is 0 Å². The van der Waals surface area contributed by atoms with E-state index in [0.717, 1.165) is 19.3 Å². The molecule has 0 amide bonds. The average molecular weight is 179 g/mol. The SMILES string of the molecule is N#CC1(C2CCOC2)CCCC1=O. The Labute approximate surface area is 77.7 Å². The first-order valence-corrected chi connectivity index (χ1v) is 4.82. The summed E-state index contributed by atoms with van der Waals surface area (Å²) in [6.07, 6.45) is 3.09. The summed E-state index contributed by atoms with van der Waals surface area (Å²) in [5.74, 6) is 0.304. The highest BCUT2D eigenvalue weighted by atomic mass is 16.5. The molecule has 0 N–H and O–H groups in total.